The van der Waals surface area contributed by atoms with Crippen molar-refractivity contribution in [2.24, 2.45) is 23.2 Å². The van der Waals surface area contributed by atoms with Crippen molar-refractivity contribution in [2.45, 2.75) is 64.6 Å². The minimum absolute atomic E-state index is 0.276. The Morgan fingerprint density at radius 1 is 1.36 bits per heavy atom. The molecule has 2 bridgehead atoms. The van der Waals surface area contributed by atoms with Gasteiger partial charge in [0, 0.05) is 19.0 Å². The van der Waals surface area contributed by atoms with Crippen LogP contribution in [0.25, 0.3) is 0 Å². The predicted octanol–water partition coefficient (Wildman–Crippen LogP) is 3.71. The second-order valence-electron chi connectivity index (χ2n) is 8.14. The lowest BCUT2D eigenvalue weighted by molar-refractivity contribution is -0.157. The van der Waals surface area contributed by atoms with Gasteiger partial charge in [0.2, 0.25) is 0 Å². The molecule has 6 atom stereocenters. The molecular formula is C20H27NO4. The van der Waals surface area contributed by atoms with Gasteiger partial charge in [-0.15, -0.1) is 0 Å². The summed E-state index contributed by atoms with van der Waals surface area (Å²) in [7, 11) is 0. The van der Waals surface area contributed by atoms with Gasteiger partial charge in [-0.2, -0.15) is 0 Å². The van der Waals surface area contributed by atoms with Crippen molar-refractivity contribution in [3.8, 4) is 0 Å². The zero-order valence-electron chi connectivity index (χ0n) is 15.0. The molecule has 0 saturated heterocycles. The summed E-state index contributed by atoms with van der Waals surface area (Å²) in [5.74, 6) is 0.927. The molecule has 0 radical (unpaired) electrons. The number of esters is 2. The molecule has 1 heterocycles. The lowest BCUT2D eigenvalue weighted by Crippen LogP contribution is -2.41. The topological polar surface area (TPSA) is 68.4 Å². The van der Waals surface area contributed by atoms with Gasteiger partial charge in [0.05, 0.1) is 0 Å². The van der Waals surface area contributed by atoms with E-state index in [9.17, 15) is 9.59 Å². The Morgan fingerprint density at radius 2 is 2.20 bits per heavy atom. The SMILES string of the molecule is CCCC12CCC(C1)C1CC(OC(=O)c3ccc[nH]3)C(OC(C)=O)C12. The van der Waals surface area contributed by atoms with Crippen LogP contribution in [0.15, 0.2) is 18.3 Å². The molecule has 1 N–H and O–H groups in total. The number of aromatic amines is 1. The fraction of sp³-hybridized carbons (Fsp3) is 0.700. The van der Waals surface area contributed by atoms with Crippen molar-refractivity contribution < 1.29 is 19.1 Å². The van der Waals surface area contributed by atoms with Crippen LogP contribution >= 0.6 is 0 Å². The van der Waals surface area contributed by atoms with Crippen molar-refractivity contribution in [3.63, 3.8) is 0 Å². The number of carbonyl (C=O) groups is 2. The maximum Gasteiger partial charge on any atom is 0.355 e. The van der Waals surface area contributed by atoms with Crippen molar-refractivity contribution >= 4 is 11.9 Å². The highest BCUT2D eigenvalue weighted by Gasteiger charge is 2.65. The number of carbonyl (C=O) groups excluding carboxylic acids is 2. The number of nitrogens with one attached hydrogen (secondary N) is 1. The third-order valence-corrected chi connectivity index (χ3v) is 6.81. The number of aromatic nitrogens is 1. The fourth-order valence-corrected chi connectivity index (χ4v) is 6.19. The fourth-order valence-electron chi connectivity index (χ4n) is 6.19. The molecular weight excluding hydrogens is 318 g/mol. The van der Waals surface area contributed by atoms with Gasteiger partial charge < -0.3 is 14.5 Å². The van der Waals surface area contributed by atoms with E-state index in [2.05, 4.69) is 11.9 Å². The van der Waals surface area contributed by atoms with E-state index >= 15 is 0 Å². The first-order valence-electron chi connectivity index (χ1n) is 9.55. The lowest BCUT2D eigenvalue weighted by atomic mass is 9.68. The van der Waals surface area contributed by atoms with Gasteiger partial charge in [0.25, 0.3) is 0 Å². The summed E-state index contributed by atoms with van der Waals surface area (Å²) in [6.45, 7) is 3.69. The standard InChI is InChI=1S/C20H27NO4/c1-3-7-20-8-6-13(11-20)14-10-16(18(17(14)20)24-12(2)22)25-19(23)15-5-4-9-21-15/h4-5,9,13-14,16-18,21H,3,6-8,10-11H2,1-2H3. The summed E-state index contributed by atoms with van der Waals surface area (Å²) >= 11 is 0. The van der Waals surface area contributed by atoms with E-state index in [4.69, 9.17) is 9.47 Å². The second kappa shape index (κ2) is 6.19. The molecule has 1 aromatic rings. The van der Waals surface area contributed by atoms with Crippen LogP contribution in [0.3, 0.4) is 0 Å². The Kier molecular flexibility index (Phi) is 4.13. The minimum atomic E-state index is -0.357. The van der Waals surface area contributed by atoms with Gasteiger partial charge in [-0.25, -0.2) is 4.79 Å². The number of hydrogen-bond acceptors (Lipinski definition) is 4. The Balaban J connectivity index is 1.58. The van der Waals surface area contributed by atoms with Crippen LogP contribution < -0.4 is 0 Å². The highest BCUT2D eigenvalue weighted by molar-refractivity contribution is 5.87. The van der Waals surface area contributed by atoms with Crippen LogP contribution in [0.1, 0.15) is 62.9 Å². The monoisotopic (exact) mass is 345 g/mol. The first-order chi connectivity index (χ1) is 12.0. The Morgan fingerprint density at radius 3 is 2.88 bits per heavy atom. The summed E-state index contributed by atoms with van der Waals surface area (Å²) in [5, 5.41) is 0. The van der Waals surface area contributed by atoms with Crippen LogP contribution in [0.5, 0.6) is 0 Å². The van der Waals surface area contributed by atoms with Crippen LogP contribution in [0.2, 0.25) is 0 Å². The van der Waals surface area contributed by atoms with Gasteiger partial charge in [-0.05, 0) is 61.5 Å². The Bertz CT molecular complexity index is 655. The van der Waals surface area contributed by atoms with Crippen LogP contribution in [0.4, 0.5) is 0 Å². The maximum absolute atomic E-state index is 12.4. The average Bonchev–Trinajstić information content (AvgIpc) is 3.30. The van der Waals surface area contributed by atoms with Crippen LogP contribution in [0, 0.1) is 23.2 Å². The predicted molar refractivity (Wildman–Crippen MR) is 91.8 cm³/mol. The quantitative estimate of drug-likeness (QED) is 0.826. The molecule has 3 aliphatic rings. The Hall–Kier alpha value is -1.78. The molecule has 3 aliphatic carbocycles. The van der Waals surface area contributed by atoms with E-state index in [0.29, 0.717) is 23.4 Å². The maximum atomic E-state index is 12.4. The molecule has 4 rings (SSSR count). The molecule has 0 aromatic carbocycles. The summed E-state index contributed by atoms with van der Waals surface area (Å²) < 4.78 is 11.6. The molecule has 3 fully saturated rings. The van der Waals surface area contributed by atoms with E-state index in [-0.39, 0.29) is 29.6 Å². The van der Waals surface area contributed by atoms with Crippen LogP contribution in [-0.4, -0.2) is 29.1 Å². The molecule has 6 unspecified atom stereocenters. The molecule has 136 valence electrons. The number of hydrogen-bond donors (Lipinski definition) is 1. The average molecular weight is 345 g/mol. The van der Waals surface area contributed by atoms with Crippen molar-refractivity contribution in [1.29, 1.82) is 0 Å². The summed E-state index contributed by atoms with van der Waals surface area (Å²) in [4.78, 5) is 27.0. The molecule has 3 saturated carbocycles. The van der Waals surface area contributed by atoms with E-state index < -0.39 is 0 Å². The van der Waals surface area contributed by atoms with E-state index in [1.54, 1.807) is 18.3 Å². The van der Waals surface area contributed by atoms with Gasteiger partial charge in [-0.3, -0.25) is 4.79 Å². The normalized spacial score (nSPS) is 38.6. The molecule has 5 heteroatoms. The largest absolute Gasteiger partial charge is 0.458 e. The third-order valence-electron chi connectivity index (χ3n) is 6.81. The van der Waals surface area contributed by atoms with E-state index in [0.717, 1.165) is 12.8 Å². The number of rotatable bonds is 5. The summed E-state index contributed by atoms with van der Waals surface area (Å²) in [6.07, 6.45) is 7.99. The molecule has 0 amide bonds. The van der Waals surface area contributed by atoms with Gasteiger partial charge in [-0.1, -0.05) is 13.3 Å². The summed E-state index contributed by atoms with van der Waals surface area (Å²) in [6, 6.07) is 3.49. The molecule has 0 spiro atoms. The summed E-state index contributed by atoms with van der Waals surface area (Å²) in [5.41, 5.74) is 0.725. The highest BCUT2D eigenvalue weighted by Crippen LogP contribution is 2.68. The smallest absolute Gasteiger partial charge is 0.355 e. The number of ether oxygens (including phenoxy) is 2. The van der Waals surface area contributed by atoms with Gasteiger partial charge in [0.15, 0.2) is 0 Å². The zero-order chi connectivity index (χ0) is 17.6. The number of fused-ring (bicyclic) bond motifs is 5. The van der Waals surface area contributed by atoms with Crippen LogP contribution in [-0.2, 0) is 14.3 Å². The van der Waals surface area contributed by atoms with Gasteiger partial charge in [0.1, 0.15) is 17.9 Å². The molecule has 5 nitrogen and oxygen atoms in total. The van der Waals surface area contributed by atoms with Crippen molar-refractivity contribution in [2.75, 3.05) is 0 Å². The molecule has 1 aromatic heterocycles. The zero-order valence-corrected chi connectivity index (χ0v) is 15.0. The van der Waals surface area contributed by atoms with Crippen molar-refractivity contribution in [1.82, 2.24) is 4.98 Å². The highest BCUT2D eigenvalue weighted by atomic mass is 16.6. The molecule has 0 aliphatic heterocycles. The van der Waals surface area contributed by atoms with E-state index in [1.807, 2.05) is 0 Å². The first kappa shape index (κ1) is 16.7. The number of H-pyrrole nitrogens is 1. The van der Waals surface area contributed by atoms with Gasteiger partial charge >= 0.3 is 11.9 Å². The van der Waals surface area contributed by atoms with Crippen molar-refractivity contribution in [3.05, 3.63) is 24.0 Å². The van der Waals surface area contributed by atoms with E-state index in [1.165, 1.54) is 32.6 Å². The Labute approximate surface area is 148 Å². The minimum Gasteiger partial charge on any atom is -0.458 e. The first-order valence-corrected chi connectivity index (χ1v) is 9.55. The molecule has 25 heavy (non-hydrogen) atoms. The lowest BCUT2D eigenvalue weighted by Gasteiger charge is -2.39. The second-order valence-corrected chi connectivity index (χ2v) is 8.14. The third kappa shape index (κ3) is 2.68.